The molecular formula is C10H9BrIN3. The van der Waals surface area contributed by atoms with Crippen LogP contribution in [0.25, 0.3) is 0 Å². The molecule has 0 aliphatic carbocycles. The Kier molecular flexibility index (Phi) is 3.30. The lowest BCUT2D eigenvalue weighted by atomic mass is 10.2. The summed E-state index contributed by atoms with van der Waals surface area (Å²) in [5.41, 5.74) is 7.71. The zero-order valence-electron chi connectivity index (χ0n) is 7.82. The minimum absolute atomic E-state index is 0.750. The lowest BCUT2D eigenvalue weighted by Crippen LogP contribution is -2.00. The Morgan fingerprint density at radius 3 is 2.87 bits per heavy atom. The standard InChI is InChI=1S/C10H9BrIN3/c11-9-2-1-7(3-10(9)13)5-15-6-8(12)4-14-15/h1-4,6H,5,13H2. The highest BCUT2D eigenvalue weighted by Gasteiger charge is 2.00. The van der Waals surface area contributed by atoms with Crippen molar-refractivity contribution in [1.29, 1.82) is 0 Å². The molecule has 78 valence electrons. The molecule has 0 spiro atoms. The Bertz CT molecular complexity index is 481. The number of rotatable bonds is 2. The molecule has 1 aromatic heterocycles. The van der Waals surface area contributed by atoms with Crippen LogP contribution < -0.4 is 5.73 Å². The summed E-state index contributed by atoms with van der Waals surface area (Å²) < 4.78 is 3.96. The lowest BCUT2D eigenvalue weighted by molar-refractivity contribution is 0.687. The van der Waals surface area contributed by atoms with Gasteiger partial charge in [0.1, 0.15) is 0 Å². The first kappa shape index (κ1) is 10.9. The molecule has 0 aliphatic heterocycles. The zero-order valence-corrected chi connectivity index (χ0v) is 11.6. The van der Waals surface area contributed by atoms with E-state index in [2.05, 4.69) is 43.6 Å². The second kappa shape index (κ2) is 4.52. The molecule has 3 nitrogen and oxygen atoms in total. The Hall–Kier alpha value is -0.560. The lowest BCUT2D eigenvalue weighted by Gasteiger charge is -2.04. The van der Waals surface area contributed by atoms with Crippen LogP contribution in [0.4, 0.5) is 5.69 Å². The number of nitrogens with two attached hydrogens (primary N) is 1. The summed E-state index contributed by atoms with van der Waals surface area (Å²) in [4.78, 5) is 0. The van der Waals surface area contributed by atoms with Gasteiger partial charge in [-0.15, -0.1) is 0 Å². The second-order valence-electron chi connectivity index (χ2n) is 3.21. The Morgan fingerprint density at radius 1 is 1.47 bits per heavy atom. The van der Waals surface area contributed by atoms with Crippen molar-refractivity contribution in [2.24, 2.45) is 0 Å². The number of aromatic nitrogens is 2. The predicted molar refractivity (Wildman–Crippen MR) is 72.6 cm³/mol. The van der Waals surface area contributed by atoms with E-state index in [9.17, 15) is 0 Å². The van der Waals surface area contributed by atoms with Crippen LogP contribution >= 0.6 is 38.5 Å². The van der Waals surface area contributed by atoms with Crippen LogP contribution in [0.1, 0.15) is 5.56 Å². The normalized spacial score (nSPS) is 10.5. The van der Waals surface area contributed by atoms with Crippen molar-refractivity contribution in [2.45, 2.75) is 6.54 Å². The van der Waals surface area contributed by atoms with Crippen LogP contribution in [0, 0.1) is 3.57 Å². The molecule has 0 radical (unpaired) electrons. The van der Waals surface area contributed by atoms with Crippen molar-refractivity contribution in [3.63, 3.8) is 0 Å². The molecule has 15 heavy (non-hydrogen) atoms. The van der Waals surface area contributed by atoms with Crippen molar-refractivity contribution in [3.8, 4) is 0 Å². The maximum Gasteiger partial charge on any atom is 0.0660 e. The minimum Gasteiger partial charge on any atom is -0.398 e. The van der Waals surface area contributed by atoms with E-state index in [0.29, 0.717) is 0 Å². The van der Waals surface area contributed by atoms with Crippen LogP contribution in [-0.4, -0.2) is 9.78 Å². The molecule has 0 saturated heterocycles. The third-order valence-corrected chi connectivity index (χ3v) is 3.29. The topological polar surface area (TPSA) is 43.8 Å². The molecule has 0 fully saturated rings. The highest BCUT2D eigenvalue weighted by atomic mass is 127. The molecule has 2 aromatic rings. The average molecular weight is 378 g/mol. The third-order valence-electron chi connectivity index (χ3n) is 2.01. The van der Waals surface area contributed by atoms with Crippen molar-refractivity contribution in [2.75, 3.05) is 5.73 Å². The van der Waals surface area contributed by atoms with Crippen molar-refractivity contribution in [3.05, 3.63) is 44.2 Å². The largest absolute Gasteiger partial charge is 0.398 e. The molecule has 0 aliphatic rings. The average Bonchev–Trinajstić information content (AvgIpc) is 2.58. The highest BCUT2D eigenvalue weighted by Crippen LogP contribution is 2.20. The molecule has 0 unspecified atom stereocenters. The van der Waals surface area contributed by atoms with Gasteiger partial charge in [0.2, 0.25) is 0 Å². The summed E-state index contributed by atoms with van der Waals surface area (Å²) in [6.45, 7) is 0.750. The second-order valence-corrected chi connectivity index (χ2v) is 5.31. The van der Waals surface area contributed by atoms with E-state index < -0.39 is 0 Å². The molecule has 0 saturated carbocycles. The number of benzene rings is 1. The smallest absolute Gasteiger partial charge is 0.0660 e. The molecule has 0 bridgehead atoms. The van der Waals surface area contributed by atoms with Crippen LogP contribution in [-0.2, 0) is 6.54 Å². The predicted octanol–water partition coefficient (Wildman–Crippen LogP) is 2.88. The fraction of sp³-hybridized carbons (Fsp3) is 0.100. The molecule has 1 aromatic carbocycles. The molecule has 1 heterocycles. The van der Waals surface area contributed by atoms with Gasteiger partial charge in [0.25, 0.3) is 0 Å². The number of hydrogen-bond acceptors (Lipinski definition) is 2. The molecule has 0 amide bonds. The summed E-state index contributed by atoms with van der Waals surface area (Å²) in [6.07, 6.45) is 3.83. The Labute approximate surface area is 110 Å². The molecule has 2 N–H and O–H groups in total. The van der Waals surface area contributed by atoms with E-state index in [1.807, 2.05) is 35.3 Å². The summed E-state index contributed by atoms with van der Waals surface area (Å²) in [5, 5.41) is 4.22. The molecule has 2 rings (SSSR count). The van der Waals surface area contributed by atoms with Gasteiger partial charge in [0, 0.05) is 16.4 Å². The minimum atomic E-state index is 0.750. The highest BCUT2D eigenvalue weighted by molar-refractivity contribution is 14.1. The van der Waals surface area contributed by atoms with Gasteiger partial charge in [-0.1, -0.05) is 6.07 Å². The monoisotopic (exact) mass is 377 g/mol. The first-order chi connectivity index (χ1) is 7.15. The number of anilines is 1. The van der Waals surface area contributed by atoms with Gasteiger partial charge in [0.15, 0.2) is 0 Å². The number of nitrogens with zero attached hydrogens (tertiary/aromatic N) is 2. The third kappa shape index (κ3) is 2.72. The summed E-state index contributed by atoms with van der Waals surface area (Å²) in [5.74, 6) is 0. The van der Waals surface area contributed by atoms with E-state index in [4.69, 9.17) is 5.73 Å². The van der Waals surface area contributed by atoms with Crippen LogP contribution in [0.2, 0.25) is 0 Å². The van der Waals surface area contributed by atoms with Gasteiger partial charge < -0.3 is 5.73 Å². The van der Waals surface area contributed by atoms with E-state index >= 15 is 0 Å². The van der Waals surface area contributed by atoms with Crippen molar-refractivity contribution >= 4 is 44.2 Å². The van der Waals surface area contributed by atoms with Gasteiger partial charge in [-0.2, -0.15) is 5.10 Å². The maximum atomic E-state index is 5.80. The van der Waals surface area contributed by atoms with E-state index in [1.165, 1.54) is 0 Å². The van der Waals surface area contributed by atoms with E-state index in [-0.39, 0.29) is 0 Å². The Balaban J connectivity index is 2.21. The van der Waals surface area contributed by atoms with Crippen molar-refractivity contribution in [1.82, 2.24) is 9.78 Å². The van der Waals surface area contributed by atoms with Gasteiger partial charge in [-0.05, 0) is 56.2 Å². The molecule has 0 atom stereocenters. The van der Waals surface area contributed by atoms with Crippen LogP contribution in [0.3, 0.4) is 0 Å². The van der Waals surface area contributed by atoms with E-state index in [1.54, 1.807) is 0 Å². The summed E-state index contributed by atoms with van der Waals surface area (Å²) in [7, 11) is 0. The van der Waals surface area contributed by atoms with Gasteiger partial charge in [-0.25, -0.2) is 0 Å². The quantitative estimate of drug-likeness (QED) is 0.646. The van der Waals surface area contributed by atoms with Gasteiger partial charge in [-0.3, -0.25) is 4.68 Å². The summed E-state index contributed by atoms with van der Waals surface area (Å²) >= 11 is 5.61. The number of hydrogen-bond donors (Lipinski definition) is 1. The molecule has 5 heteroatoms. The number of nitrogen functional groups attached to an aromatic ring is 1. The zero-order chi connectivity index (χ0) is 10.8. The first-order valence-corrected chi connectivity index (χ1v) is 6.24. The van der Waals surface area contributed by atoms with Crippen LogP contribution in [0.15, 0.2) is 35.1 Å². The van der Waals surface area contributed by atoms with Crippen molar-refractivity contribution < 1.29 is 0 Å². The van der Waals surface area contributed by atoms with Gasteiger partial charge >= 0.3 is 0 Å². The molecular weight excluding hydrogens is 369 g/mol. The maximum absolute atomic E-state index is 5.80. The van der Waals surface area contributed by atoms with Crippen LogP contribution in [0.5, 0.6) is 0 Å². The van der Waals surface area contributed by atoms with E-state index in [0.717, 1.165) is 25.8 Å². The first-order valence-electron chi connectivity index (χ1n) is 4.37. The fourth-order valence-corrected chi connectivity index (χ4v) is 2.00. The summed E-state index contributed by atoms with van der Waals surface area (Å²) in [6, 6.07) is 5.95. The SMILES string of the molecule is Nc1cc(Cn2cc(I)cn2)ccc1Br. The van der Waals surface area contributed by atoms with Gasteiger partial charge in [0.05, 0.1) is 16.3 Å². The number of halogens is 2. The fourth-order valence-electron chi connectivity index (χ4n) is 1.30. The Morgan fingerprint density at radius 2 is 2.27 bits per heavy atom.